The molecule has 0 amide bonds. The van der Waals surface area contributed by atoms with Gasteiger partial charge in [-0.25, -0.2) is 4.98 Å². The van der Waals surface area contributed by atoms with Gasteiger partial charge in [0, 0.05) is 15.6 Å². The first-order valence-corrected chi connectivity index (χ1v) is 6.92. The molecule has 0 N–H and O–H groups in total. The number of nitrogens with zero attached hydrogens (tertiary/aromatic N) is 1. The molecule has 0 spiro atoms. The smallest absolute Gasteiger partial charge is 0.236 e. The van der Waals surface area contributed by atoms with Crippen LogP contribution in [0.4, 0.5) is 0 Å². The van der Waals surface area contributed by atoms with Gasteiger partial charge in [-0.1, -0.05) is 39.1 Å². The number of aldehydes is 1. The topological polar surface area (TPSA) is 48.4 Å². The molecule has 1 aromatic heterocycles. The molecule has 104 valence electrons. The minimum absolute atomic E-state index is 0.118. The summed E-state index contributed by atoms with van der Waals surface area (Å²) in [5.41, 5.74) is 0.155. The molecule has 1 aromatic carbocycles. The van der Waals surface area contributed by atoms with Crippen molar-refractivity contribution in [3.63, 3.8) is 0 Å². The Bertz CT molecular complexity index is 644. The van der Waals surface area contributed by atoms with Gasteiger partial charge in [0.1, 0.15) is 16.5 Å². The predicted octanol–water partition coefficient (Wildman–Crippen LogP) is 4.76. The predicted molar refractivity (Wildman–Crippen MR) is 80.4 cm³/mol. The van der Waals surface area contributed by atoms with E-state index in [1.54, 1.807) is 18.2 Å². The fraction of sp³-hybridized carbons (Fsp3) is 0.0769. The lowest BCUT2D eigenvalue weighted by Gasteiger charge is -2.11. The van der Waals surface area contributed by atoms with Gasteiger partial charge < -0.3 is 9.47 Å². The lowest BCUT2D eigenvalue weighted by Crippen LogP contribution is -1.96. The van der Waals surface area contributed by atoms with Gasteiger partial charge in [0.2, 0.25) is 5.88 Å². The van der Waals surface area contributed by atoms with E-state index in [2.05, 4.69) is 20.9 Å². The molecular formula is C13H8BrCl2NO3. The van der Waals surface area contributed by atoms with Crippen molar-refractivity contribution in [2.45, 2.75) is 0 Å². The number of hydrogen-bond donors (Lipinski definition) is 0. The lowest BCUT2D eigenvalue weighted by molar-refractivity contribution is 0.111. The second-order valence-electron chi connectivity index (χ2n) is 3.69. The van der Waals surface area contributed by atoms with Crippen molar-refractivity contribution in [1.29, 1.82) is 0 Å². The SMILES string of the molecule is COc1nc(C=O)cc(Oc2cc(Cl)cc(Br)c2)c1Cl. The Labute approximate surface area is 133 Å². The maximum Gasteiger partial charge on any atom is 0.236 e. The Morgan fingerprint density at radius 3 is 2.60 bits per heavy atom. The van der Waals surface area contributed by atoms with Gasteiger partial charge in [0.05, 0.1) is 7.11 Å². The first-order valence-electron chi connectivity index (χ1n) is 5.37. The van der Waals surface area contributed by atoms with Crippen LogP contribution in [0.5, 0.6) is 17.4 Å². The molecule has 20 heavy (non-hydrogen) atoms. The molecule has 7 heteroatoms. The molecule has 0 unspecified atom stereocenters. The van der Waals surface area contributed by atoms with Crippen LogP contribution < -0.4 is 9.47 Å². The largest absolute Gasteiger partial charge is 0.480 e. The molecule has 1 heterocycles. The van der Waals surface area contributed by atoms with Crippen LogP contribution >= 0.6 is 39.1 Å². The summed E-state index contributed by atoms with van der Waals surface area (Å²) in [5.74, 6) is 0.846. The summed E-state index contributed by atoms with van der Waals surface area (Å²) >= 11 is 15.3. The van der Waals surface area contributed by atoms with Crippen LogP contribution in [0.1, 0.15) is 10.5 Å². The Hall–Kier alpha value is -1.30. The van der Waals surface area contributed by atoms with Crippen molar-refractivity contribution in [2.75, 3.05) is 7.11 Å². The average Bonchev–Trinajstić information content (AvgIpc) is 2.40. The first-order chi connectivity index (χ1) is 9.53. The molecule has 0 atom stereocenters. The minimum Gasteiger partial charge on any atom is -0.480 e. The second kappa shape index (κ2) is 6.43. The highest BCUT2D eigenvalue weighted by atomic mass is 79.9. The number of carbonyl (C=O) groups is 1. The molecule has 0 saturated carbocycles. The number of hydrogen-bond acceptors (Lipinski definition) is 4. The zero-order chi connectivity index (χ0) is 14.7. The highest BCUT2D eigenvalue weighted by Gasteiger charge is 2.14. The quantitative estimate of drug-likeness (QED) is 0.721. The van der Waals surface area contributed by atoms with Crippen molar-refractivity contribution in [2.24, 2.45) is 0 Å². The fourth-order valence-electron chi connectivity index (χ4n) is 1.49. The van der Waals surface area contributed by atoms with Crippen molar-refractivity contribution >= 4 is 45.4 Å². The molecule has 0 aliphatic heterocycles. The zero-order valence-corrected chi connectivity index (χ0v) is 13.3. The van der Waals surface area contributed by atoms with Crippen molar-refractivity contribution in [3.05, 3.63) is 44.5 Å². The highest BCUT2D eigenvalue weighted by Crippen LogP contribution is 2.37. The summed E-state index contributed by atoms with van der Waals surface area (Å²) in [6, 6.07) is 6.48. The van der Waals surface area contributed by atoms with Crippen molar-refractivity contribution in [1.82, 2.24) is 4.98 Å². The number of methoxy groups -OCH3 is 1. The van der Waals surface area contributed by atoms with E-state index in [1.165, 1.54) is 13.2 Å². The second-order valence-corrected chi connectivity index (χ2v) is 5.42. The molecule has 0 aliphatic rings. The molecule has 0 aliphatic carbocycles. The fourth-order valence-corrected chi connectivity index (χ4v) is 2.53. The maximum absolute atomic E-state index is 10.9. The third kappa shape index (κ3) is 3.42. The van der Waals surface area contributed by atoms with Crippen LogP contribution in [0.25, 0.3) is 0 Å². The summed E-state index contributed by atoms with van der Waals surface area (Å²) in [4.78, 5) is 14.8. The third-order valence-electron chi connectivity index (χ3n) is 2.29. The molecule has 0 fully saturated rings. The van der Waals surface area contributed by atoms with Gasteiger partial charge >= 0.3 is 0 Å². The van der Waals surface area contributed by atoms with Crippen LogP contribution in [0.2, 0.25) is 10.0 Å². The van der Waals surface area contributed by atoms with Gasteiger partial charge in [-0.05, 0) is 18.2 Å². The molecule has 0 radical (unpaired) electrons. The third-order valence-corrected chi connectivity index (χ3v) is 3.32. The summed E-state index contributed by atoms with van der Waals surface area (Å²) in [6.45, 7) is 0. The van der Waals surface area contributed by atoms with E-state index in [0.717, 1.165) is 4.47 Å². The molecule has 2 rings (SSSR count). The van der Waals surface area contributed by atoms with Crippen LogP contribution in [-0.2, 0) is 0 Å². The van der Waals surface area contributed by atoms with E-state index in [4.69, 9.17) is 32.7 Å². The summed E-state index contributed by atoms with van der Waals surface area (Å²) < 4.78 is 11.4. The van der Waals surface area contributed by atoms with Crippen LogP contribution in [0.15, 0.2) is 28.7 Å². The van der Waals surface area contributed by atoms with Gasteiger partial charge in [-0.15, -0.1) is 0 Å². The Morgan fingerprint density at radius 2 is 2.00 bits per heavy atom. The maximum atomic E-state index is 10.9. The molecule has 0 bridgehead atoms. The van der Waals surface area contributed by atoms with E-state index in [1.807, 2.05) is 0 Å². The number of rotatable bonds is 4. The summed E-state index contributed by atoms with van der Waals surface area (Å²) in [6.07, 6.45) is 0.583. The molecular weight excluding hydrogens is 369 g/mol. The Morgan fingerprint density at radius 1 is 1.25 bits per heavy atom. The van der Waals surface area contributed by atoms with Gasteiger partial charge in [0.25, 0.3) is 0 Å². The van der Waals surface area contributed by atoms with Gasteiger partial charge in [-0.2, -0.15) is 0 Å². The average molecular weight is 377 g/mol. The normalized spacial score (nSPS) is 10.2. The first kappa shape index (κ1) is 15.1. The van der Waals surface area contributed by atoms with Crippen LogP contribution in [0, 0.1) is 0 Å². The number of halogens is 3. The zero-order valence-electron chi connectivity index (χ0n) is 10.2. The Balaban J connectivity index is 2.44. The van der Waals surface area contributed by atoms with Crippen molar-refractivity contribution < 1.29 is 14.3 Å². The number of aromatic nitrogens is 1. The number of carbonyl (C=O) groups excluding carboxylic acids is 1. The molecule has 2 aromatic rings. The number of pyridine rings is 1. The van der Waals surface area contributed by atoms with E-state index in [9.17, 15) is 4.79 Å². The van der Waals surface area contributed by atoms with Crippen LogP contribution in [-0.4, -0.2) is 18.4 Å². The van der Waals surface area contributed by atoms with E-state index in [-0.39, 0.29) is 22.3 Å². The minimum atomic E-state index is 0.118. The van der Waals surface area contributed by atoms with E-state index >= 15 is 0 Å². The summed E-state index contributed by atoms with van der Waals surface area (Å²) in [5, 5.41) is 0.677. The summed E-state index contributed by atoms with van der Waals surface area (Å²) in [7, 11) is 1.41. The van der Waals surface area contributed by atoms with E-state index in [0.29, 0.717) is 17.1 Å². The Kier molecular flexibility index (Phi) is 4.86. The lowest BCUT2D eigenvalue weighted by atomic mass is 10.3. The number of benzene rings is 1. The molecule has 4 nitrogen and oxygen atoms in total. The van der Waals surface area contributed by atoms with Crippen molar-refractivity contribution in [3.8, 4) is 17.4 Å². The van der Waals surface area contributed by atoms with Crippen LogP contribution in [0.3, 0.4) is 0 Å². The van der Waals surface area contributed by atoms with E-state index < -0.39 is 0 Å². The van der Waals surface area contributed by atoms with Gasteiger partial charge in [0.15, 0.2) is 12.0 Å². The van der Waals surface area contributed by atoms with Gasteiger partial charge in [-0.3, -0.25) is 4.79 Å². The monoisotopic (exact) mass is 375 g/mol. The molecule has 0 saturated heterocycles. The number of ether oxygens (including phenoxy) is 2. The highest BCUT2D eigenvalue weighted by molar-refractivity contribution is 9.10. The standard InChI is InChI=1S/C13H8BrCl2NO3/c1-19-13-12(16)11(5-9(6-18)17-13)20-10-3-7(14)2-8(15)4-10/h2-6H,1H3.